The number of allylic oxidation sites excluding steroid dienone is 4. The highest BCUT2D eigenvalue weighted by Crippen LogP contribution is 2.66. The zero-order chi connectivity index (χ0) is 11.7. The van der Waals surface area contributed by atoms with E-state index in [0.29, 0.717) is 13.2 Å². The van der Waals surface area contributed by atoms with Crippen molar-refractivity contribution in [3.63, 3.8) is 0 Å². The number of carbonyl (C=O) groups excluding carboxylic acids is 1. The van der Waals surface area contributed by atoms with Gasteiger partial charge in [0.25, 0.3) is 0 Å². The van der Waals surface area contributed by atoms with Crippen LogP contribution < -0.4 is 0 Å². The normalized spacial score (nSPS) is 31.4. The summed E-state index contributed by atoms with van der Waals surface area (Å²) in [5.41, 5.74) is 2.94. The van der Waals surface area contributed by atoms with Crippen molar-refractivity contribution in [3.8, 4) is 0 Å². The molecular formula is C14H14O3. The van der Waals surface area contributed by atoms with E-state index in [1.54, 1.807) is 0 Å². The van der Waals surface area contributed by atoms with Crippen LogP contribution in [0.1, 0.15) is 19.8 Å². The molecule has 1 heterocycles. The quantitative estimate of drug-likeness (QED) is 0.637. The van der Waals surface area contributed by atoms with Gasteiger partial charge in [0.2, 0.25) is 11.6 Å². The first kappa shape index (κ1) is 9.80. The van der Waals surface area contributed by atoms with E-state index in [4.69, 9.17) is 9.47 Å². The van der Waals surface area contributed by atoms with E-state index in [1.165, 1.54) is 5.57 Å². The molecule has 0 N–H and O–H groups in total. The predicted molar refractivity (Wildman–Crippen MR) is 61.2 cm³/mol. The molecule has 0 unspecified atom stereocenters. The zero-order valence-electron chi connectivity index (χ0n) is 9.79. The van der Waals surface area contributed by atoms with Crippen LogP contribution >= 0.6 is 0 Å². The van der Waals surface area contributed by atoms with Gasteiger partial charge in [-0.25, -0.2) is 0 Å². The number of rotatable bonds is 0. The number of carbonyl (C=O) groups is 1. The summed E-state index contributed by atoms with van der Waals surface area (Å²) in [4.78, 5) is 12.6. The number of ketones is 1. The zero-order valence-corrected chi connectivity index (χ0v) is 9.79. The number of Topliss-reactive ketones (excluding diaryl/α,β-unsaturated/α-hetero) is 1. The Hall–Kier alpha value is -1.19. The minimum absolute atomic E-state index is 0.0260. The first-order valence-corrected chi connectivity index (χ1v) is 6.14. The molecule has 0 aromatic rings. The maximum Gasteiger partial charge on any atom is 0.243 e. The molecule has 17 heavy (non-hydrogen) atoms. The number of fused-ring (bicyclic) bond motifs is 2. The molecule has 2 spiro atoms. The molecule has 1 saturated carbocycles. The standard InChI is InChI=1S/C14H14O3/c1-9-10-3-2-4-11(10)12(15)14(13(9)5-6-13)16-7-8-17-14/h2-4H,5-8H2,1H3. The monoisotopic (exact) mass is 230 g/mol. The summed E-state index contributed by atoms with van der Waals surface area (Å²) < 4.78 is 11.6. The van der Waals surface area contributed by atoms with Gasteiger partial charge in [0.05, 0.1) is 18.6 Å². The van der Waals surface area contributed by atoms with Crippen molar-refractivity contribution in [1.82, 2.24) is 0 Å². The van der Waals surface area contributed by atoms with Crippen molar-refractivity contribution in [2.24, 2.45) is 5.41 Å². The molecule has 2 fully saturated rings. The van der Waals surface area contributed by atoms with Gasteiger partial charge in [-0.15, -0.1) is 0 Å². The SMILES string of the molecule is CC1=C2C=CC=C2C(=O)C2(OCCO2)C12CC2. The molecule has 0 amide bonds. The molecule has 4 rings (SSSR count). The number of ether oxygens (including phenoxy) is 2. The average molecular weight is 230 g/mol. The maximum atomic E-state index is 12.6. The fourth-order valence-electron chi connectivity index (χ4n) is 3.49. The lowest BCUT2D eigenvalue weighted by atomic mass is 9.73. The van der Waals surface area contributed by atoms with Crippen molar-refractivity contribution in [3.05, 3.63) is 34.9 Å². The third kappa shape index (κ3) is 0.905. The summed E-state index contributed by atoms with van der Waals surface area (Å²) >= 11 is 0. The summed E-state index contributed by atoms with van der Waals surface area (Å²) in [6, 6.07) is 0. The Balaban J connectivity index is 1.98. The van der Waals surface area contributed by atoms with Gasteiger partial charge in [0.15, 0.2) is 0 Å². The molecule has 1 aliphatic heterocycles. The molecule has 0 atom stereocenters. The highest BCUT2D eigenvalue weighted by atomic mass is 16.7. The predicted octanol–water partition coefficient (Wildman–Crippen LogP) is 1.91. The molecule has 3 heteroatoms. The summed E-state index contributed by atoms with van der Waals surface area (Å²) in [5, 5.41) is 0. The molecule has 0 radical (unpaired) electrons. The van der Waals surface area contributed by atoms with Crippen molar-refractivity contribution >= 4 is 5.78 Å². The molecule has 4 aliphatic rings. The van der Waals surface area contributed by atoms with Gasteiger partial charge in [-0.05, 0) is 25.3 Å². The molecule has 0 bridgehead atoms. The van der Waals surface area contributed by atoms with Crippen LogP contribution in [-0.4, -0.2) is 24.8 Å². The second kappa shape index (κ2) is 2.79. The van der Waals surface area contributed by atoms with Crippen LogP contribution in [-0.2, 0) is 14.3 Å². The molecular weight excluding hydrogens is 216 g/mol. The first-order chi connectivity index (χ1) is 8.21. The van der Waals surface area contributed by atoms with Crippen LogP contribution in [0.3, 0.4) is 0 Å². The van der Waals surface area contributed by atoms with Gasteiger partial charge < -0.3 is 9.47 Å². The van der Waals surface area contributed by atoms with E-state index < -0.39 is 5.79 Å². The number of hydrogen-bond acceptors (Lipinski definition) is 3. The first-order valence-electron chi connectivity index (χ1n) is 6.14. The minimum atomic E-state index is -1.00. The maximum absolute atomic E-state index is 12.6. The fourth-order valence-corrected chi connectivity index (χ4v) is 3.49. The Morgan fingerprint density at radius 2 is 1.94 bits per heavy atom. The average Bonchev–Trinajstić information content (AvgIpc) is 2.83. The summed E-state index contributed by atoms with van der Waals surface area (Å²) in [5.74, 6) is -0.976. The van der Waals surface area contributed by atoms with E-state index in [2.05, 4.69) is 6.92 Å². The van der Waals surface area contributed by atoms with E-state index >= 15 is 0 Å². The Morgan fingerprint density at radius 1 is 1.24 bits per heavy atom. The van der Waals surface area contributed by atoms with Gasteiger partial charge in [0, 0.05) is 5.57 Å². The molecule has 3 aliphatic carbocycles. The second-order valence-electron chi connectivity index (χ2n) is 5.20. The van der Waals surface area contributed by atoms with Gasteiger partial charge in [-0.1, -0.05) is 23.8 Å². The minimum Gasteiger partial charge on any atom is -0.340 e. The highest BCUT2D eigenvalue weighted by Gasteiger charge is 2.70. The molecule has 88 valence electrons. The van der Waals surface area contributed by atoms with E-state index in [9.17, 15) is 4.79 Å². The van der Waals surface area contributed by atoms with Crippen molar-refractivity contribution < 1.29 is 14.3 Å². The third-order valence-electron chi connectivity index (χ3n) is 4.56. The van der Waals surface area contributed by atoms with Crippen molar-refractivity contribution in [2.75, 3.05) is 13.2 Å². The van der Waals surface area contributed by atoms with Gasteiger partial charge in [-0.3, -0.25) is 4.79 Å². The molecule has 0 aromatic carbocycles. The Bertz CT molecular complexity index is 512. The molecule has 3 nitrogen and oxygen atoms in total. The Labute approximate surface area is 99.8 Å². The fraction of sp³-hybridized carbons (Fsp3) is 0.500. The topological polar surface area (TPSA) is 35.5 Å². The van der Waals surface area contributed by atoms with Crippen LogP contribution in [0.2, 0.25) is 0 Å². The largest absolute Gasteiger partial charge is 0.340 e. The van der Waals surface area contributed by atoms with Crippen LogP contribution in [0.5, 0.6) is 0 Å². The van der Waals surface area contributed by atoms with Crippen LogP contribution in [0, 0.1) is 5.41 Å². The second-order valence-corrected chi connectivity index (χ2v) is 5.20. The lowest BCUT2D eigenvalue weighted by Gasteiger charge is -2.40. The summed E-state index contributed by atoms with van der Waals surface area (Å²) in [6.07, 6.45) is 7.84. The third-order valence-corrected chi connectivity index (χ3v) is 4.56. The van der Waals surface area contributed by atoms with E-state index in [1.807, 2.05) is 18.2 Å². The van der Waals surface area contributed by atoms with E-state index in [-0.39, 0.29) is 11.2 Å². The van der Waals surface area contributed by atoms with Crippen molar-refractivity contribution in [2.45, 2.75) is 25.6 Å². The summed E-state index contributed by atoms with van der Waals surface area (Å²) in [7, 11) is 0. The van der Waals surface area contributed by atoms with Gasteiger partial charge >= 0.3 is 0 Å². The smallest absolute Gasteiger partial charge is 0.243 e. The van der Waals surface area contributed by atoms with E-state index in [0.717, 1.165) is 24.0 Å². The van der Waals surface area contributed by atoms with Crippen LogP contribution in [0.25, 0.3) is 0 Å². The van der Waals surface area contributed by atoms with Crippen LogP contribution in [0.4, 0.5) is 0 Å². The van der Waals surface area contributed by atoms with Gasteiger partial charge in [0.1, 0.15) is 0 Å². The molecule has 0 aromatic heterocycles. The lowest BCUT2D eigenvalue weighted by molar-refractivity contribution is -0.199. The molecule has 1 saturated heterocycles. The summed E-state index contributed by atoms with van der Waals surface area (Å²) in [6.45, 7) is 3.17. The lowest BCUT2D eigenvalue weighted by Crippen LogP contribution is -2.52. The van der Waals surface area contributed by atoms with Gasteiger partial charge in [-0.2, -0.15) is 0 Å². The highest BCUT2D eigenvalue weighted by molar-refractivity contribution is 6.09. The number of hydrogen-bond donors (Lipinski definition) is 0. The Morgan fingerprint density at radius 3 is 2.59 bits per heavy atom. The van der Waals surface area contributed by atoms with Crippen LogP contribution in [0.15, 0.2) is 34.9 Å². The Kier molecular flexibility index (Phi) is 1.61. The van der Waals surface area contributed by atoms with Crippen molar-refractivity contribution in [1.29, 1.82) is 0 Å².